The van der Waals surface area contributed by atoms with E-state index in [-0.39, 0.29) is 26.1 Å². The van der Waals surface area contributed by atoms with Crippen molar-refractivity contribution in [3.63, 3.8) is 0 Å². The van der Waals surface area contributed by atoms with Crippen molar-refractivity contribution in [2.75, 3.05) is 14.2 Å². The Morgan fingerprint density at radius 3 is 1.79 bits per heavy atom. The third-order valence-corrected chi connectivity index (χ3v) is 6.51. The van der Waals surface area contributed by atoms with Gasteiger partial charge < -0.3 is 28.4 Å². The molecule has 3 aromatic carbocycles. The Morgan fingerprint density at radius 1 is 0.718 bits per heavy atom. The molecule has 206 valence electrons. The fourth-order valence-electron chi connectivity index (χ4n) is 4.47. The highest BCUT2D eigenvalue weighted by Gasteiger charge is 2.50. The third-order valence-electron chi connectivity index (χ3n) is 6.51. The molecular formula is C31H34O8. The van der Waals surface area contributed by atoms with E-state index in [0.717, 1.165) is 11.1 Å². The Balaban J connectivity index is 1.64. The molecule has 0 unspecified atom stereocenters. The van der Waals surface area contributed by atoms with Gasteiger partial charge in [-0.2, -0.15) is 0 Å². The molecular weight excluding hydrogens is 500 g/mol. The SMILES string of the molecule is COC(=O)CC[C@H]1O[C@H](OC)[C@H](OCc2ccccc2)[C@@H](OCc2ccccc2)[C@@H]1OC(=O)c1ccccc1. The lowest BCUT2D eigenvalue weighted by atomic mass is 9.94. The summed E-state index contributed by atoms with van der Waals surface area (Å²) in [5.41, 5.74) is 2.29. The van der Waals surface area contributed by atoms with Crippen molar-refractivity contribution < 1.29 is 38.0 Å². The predicted molar refractivity (Wildman–Crippen MR) is 143 cm³/mol. The van der Waals surface area contributed by atoms with Gasteiger partial charge in [-0.05, 0) is 29.7 Å². The van der Waals surface area contributed by atoms with Crippen molar-refractivity contribution in [2.45, 2.75) is 56.8 Å². The van der Waals surface area contributed by atoms with Gasteiger partial charge >= 0.3 is 11.9 Å². The van der Waals surface area contributed by atoms with E-state index in [1.165, 1.54) is 14.2 Å². The zero-order valence-electron chi connectivity index (χ0n) is 22.1. The van der Waals surface area contributed by atoms with Crippen LogP contribution in [0.2, 0.25) is 0 Å². The first-order valence-electron chi connectivity index (χ1n) is 12.9. The van der Waals surface area contributed by atoms with Gasteiger partial charge in [0.15, 0.2) is 12.4 Å². The molecule has 0 aromatic heterocycles. The first kappa shape index (κ1) is 28.4. The maximum Gasteiger partial charge on any atom is 0.338 e. The molecule has 8 heteroatoms. The molecule has 0 bridgehead atoms. The smallest absolute Gasteiger partial charge is 0.338 e. The summed E-state index contributed by atoms with van der Waals surface area (Å²) in [5.74, 6) is -0.928. The van der Waals surface area contributed by atoms with Crippen LogP contribution in [0, 0.1) is 0 Å². The Labute approximate surface area is 228 Å². The van der Waals surface area contributed by atoms with Crippen molar-refractivity contribution in [3.8, 4) is 0 Å². The number of hydrogen-bond acceptors (Lipinski definition) is 8. The number of ether oxygens (including phenoxy) is 6. The average Bonchev–Trinajstić information content (AvgIpc) is 2.99. The molecule has 39 heavy (non-hydrogen) atoms. The molecule has 3 aromatic rings. The summed E-state index contributed by atoms with van der Waals surface area (Å²) >= 11 is 0. The Morgan fingerprint density at radius 2 is 1.26 bits per heavy atom. The standard InChI is InChI=1S/C31H34O8/c1-34-26(32)19-18-25-27(39-30(33)24-16-10-5-11-17-24)28(36-20-22-12-6-3-7-13-22)29(31(35-2)38-25)37-21-23-14-8-4-9-15-23/h3-17,25,27-29,31H,18-21H2,1-2H3/t25-,27-,28+,29-,31+/m1/s1. The van der Waals surface area contributed by atoms with Crippen molar-refractivity contribution in [1.82, 2.24) is 0 Å². The first-order chi connectivity index (χ1) is 19.1. The van der Waals surface area contributed by atoms with E-state index in [0.29, 0.717) is 5.56 Å². The van der Waals surface area contributed by atoms with E-state index in [2.05, 4.69) is 0 Å². The largest absolute Gasteiger partial charge is 0.469 e. The third kappa shape index (κ3) is 7.97. The van der Waals surface area contributed by atoms with Crippen LogP contribution in [0.3, 0.4) is 0 Å². The predicted octanol–water partition coefficient (Wildman–Crippen LogP) is 4.71. The van der Waals surface area contributed by atoms with Gasteiger partial charge in [0.25, 0.3) is 0 Å². The zero-order chi connectivity index (χ0) is 27.5. The van der Waals surface area contributed by atoms with Gasteiger partial charge in [0.05, 0.1) is 25.9 Å². The first-order valence-corrected chi connectivity index (χ1v) is 12.9. The number of benzene rings is 3. The van der Waals surface area contributed by atoms with Gasteiger partial charge in [-0.1, -0.05) is 78.9 Å². The Bertz CT molecular complexity index is 1150. The normalized spacial score (nSPS) is 22.7. The quantitative estimate of drug-likeness (QED) is 0.309. The summed E-state index contributed by atoms with van der Waals surface area (Å²) in [6, 6.07) is 28.1. The van der Waals surface area contributed by atoms with Crippen LogP contribution in [0.5, 0.6) is 0 Å². The molecule has 1 heterocycles. The van der Waals surface area contributed by atoms with E-state index < -0.39 is 42.6 Å². The molecule has 1 aliphatic rings. The van der Waals surface area contributed by atoms with Crippen LogP contribution in [-0.4, -0.2) is 56.9 Å². The summed E-state index contributed by atoms with van der Waals surface area (Å²) < 4.78 is 35.6. The highest BCUT2D eigenvalue weighted by atomic mass is 16.7. The lowest BCUT2D eigenvalue weighted by Gasteiger charge is -2.45. The summed E-state index contributed by atoms with van der Waals surface area (Å²) in [6.07, 6.45) is -3.63. The van der Waals surface area contributed by atoms with Gasteiger partial charge in [0.2, 0.25) is 0 Å². The van der Waals surface area contributed by atoms with E-state index in [1.54, 1.807) is 24.3 Å². The van der Waals surface area contributed by atoms with Crippen LogP contribution in [0.25, 0.3) is 0 Å². The maximum absolute atomic E-state index is 13.2. The summed E-state index contributed by atoms with van der Waals surface area (Å²) in [5, 5.41) is 0. The van der Waals surface area contributed by atoms with Crippen molar-refractivity contribution in [2.24, 2.45) is 0 Å². The molecule has 0 spiro atoms. The molecule has 8 nitrogen and oxygen atoms in total. The number of esters is 2. The van der Waals surface area contributed by atoms with Crippen molar-refractivity contribution in [1.29, 1.82) is 0 Å². The lowest BCUT2D eigenvalue weighted by molar-refractivity contribution is -0.310. The van der Waals surface area contributed by atoms with Gasteiger partial charge in [-0.15, -0.1) is 0 Å². The second kappa shape index (κ2) is 14.6. The van der Waals surface area contributed by atoms with Gasteiger partial charge in [-0.25, -0.2) is 4.79 Å². The fraction of sp³-hybridized carbons (Fsp3) is 0.355. The lowest BCUT2D eigenvalue weighted by Crippen LogP contribution is -2.61. The highest BCUT2D eigenvalue weighted by molar-refractivity contribution is 5.89. The molecule has 0 saturated carbocycles. The van der Waals surface area contributed by atoms with E-state index >= 15 is 0 Å². The second-order valence-corrected chi connectivity index (χ2v) is 9.15. The molecule has 0 amide bonds. The molecule has 0 N–H and O–H groups in total. The zero-order valence-corrected chi connectivity index (χ0v) is 22.1. The number of rotatable bonds is 12. The molecule has 4 rings (SSSR count). The van der Waals surface area contributed by atoms with Gasteiger partial charge in [0.1, 0.15) is 18.3 Å². The summed E-state index contributed by atoms with van der Waals surface area (Å²) in [7, 11) is 2.85. The van der Waals surface area contributed by atoms with Crippen LogP contribution >= 0.6 is 0 Å². The van der Waals surface area contributed by atoms with E-state index in [4.69, 9.17) is 28.4 Å². The Hall–Kier alpha value is -3.56. The minimum Gasteiger partial charge on any atom is -0.469 e. The monoisotopic (exact) mass is 534 g/mol. The highest BCUT2D eigenvalue weighted by Crippen LogP contribution is 2.32. The second-order valence-electron chi connectivity index (χ2n) is 9.15. The Kier molecular flexibility index (Phi) is 10.6. The molecule has 1 saturated heterocycles. The summed E-state index contributed by atoms with van der Waals surface area (Å²) in [4.78, 5) is 25.2. The number of hydrogen-bond donors (Lipinski definition) is 0. The van der Waals surface area contributed by atoms with Crippen LogP contribution in [0.15, 0.2) is 91.0 Å². The number of methoxy groups -OCH3 is 2. The van der Waals surface area contributed by atoms with Gasteiger partial charge in [0, 0.05) is 13.5 Å². The number of carbonyl (C=O) groups excluding carboxylic acids is 2. The van der Waals surface area contributed by atoms with E-state index in [9.17, 15) is 9.59 Å². The minimum atomic E-state index is -0.891. The fourth-order valence-corrected chi connectivity index (χ4v) is 4.47. The maximum atomic E-state index is 13.2. The summed E-state index contributed by atoms with van der Waals surface area (Å²) in [6.45, 7) is 0.516. The average molecular weight is 535 g/mol. The molecule has 5 atom stereocenters. The molecule has 1 aliphatic heterocycles. The molecule has 0 radical (unpaired) electrons. The number of carbonyl (C=O) groups is 2. The van der Waals surface area contributed by atoms with Crippen LogP contribution in [0.1, 0.15) is 34.3 Å². The van der Waals surface area contributed by atoms with Crippen molar-refractivity contribution >= 4 is 11.9 Å². The molecule has 0 aliphatic carbocycles. The van der Waals surface area contributed by atoms with Crippen LogP contribution in [-0.2, 0) is 46.4 Å². The minimum absolute atomic E-state index is 0.0674. The topological polar surface area (TPSA) is 89.5 Å². The van der Waals surface area contributed by atoms with E-state index in [1.807, 2.05) is 66.7 Å². The van der Waals surface area contributed by atoms with Crippen LogP contribution < -0.4 is 0 Å². The van der Waals surface area contributed by atoms with Gasteiger partial charge in [-0.3, -0.25) is 4.79 Å². The van der Waals surface area contributed by atoms with Crippen LogP contribution in [0.4, 0.5) is 0 Å². The molecule has 1 fully saturated rings. The van der Waals surface area contributed by atoms with Crippen molar-refractivity contribution in [3.05, 3.63) is 108 Å².